The normalized spacial score (nSPS) is 19.2. The van der Waals surface area contributed by atoms with Crippen LogP contribution < -0.4 is 5.73 Å². The summed E-state index contributed by atoms with van der Waals surface area (Å²) in [6.45, 7) is 0. The lowest BCUT2D eigenvalue weighted by Crippen LogP contribution is -2.20. The number of aromatic nitrogens is 3. The van der Waals surface area contributed by atoms with Gasteiger partial charge >= 0.3 is 0 Å². The van der Waals surface area contributed by atoms with Crippen molar-refractivity contribution in [2.75, 3.05) is 0 Å². The minimum Gasteiger partial charge on any atom is -0.320 e. The van der Waals surface area contributed by atoms with Gasteiger partial charge in [-0.3, -0.25) is 0 Å². The van der Waals surface area contributed by atoms with E-state index in [0.717, 1.165) is 28.9 Å². The van der Waals surface area contributed by atoms with Crippen molar-refractivity contribution in [1.82, 2.24) is 15.0 Å². The SMILES string of the molecule is NC1(c2ncnc3scnc23)CC1. The van der Waals surface area contributed by atoms with Crippen LogP contribution in [0.1, 0.15) is 18.5 Å². The monoisotopic (exact) mass is 192 g/mol. The van der Waals surface area contributed by atoms with Gasteiger partial charge in [-0.15, -0.1) is 11.3 Å². The molecule has 0 radical (unpaired) electrons. The largest absolute Gasteiger partial charge is 0.320 e. The van der Waals surface area contributed by atoms with Crippen LogP contribution in [0, 0.1) is 0 Å². The fraction of sp³-hybridized carbons (Fsp3) is 0.375. The van der Waals surface area contributed by atoms with Gasteiger partial charge in [0.05, 0.1) is 16.7 Å². The average Bonchev–Trinajstić information content (AvgIpc) is 2.72. The summed E-state index contributed by atoms with van der Waals surface area (Å²) in [5.41, 5.74) is 9.44. The van der Waals surface area contributed by atoms with Crippen molar-refractivity contribution in [1.29, 1.82) is 0 Å². The van der Waals surface area contributed by atoms with Crippen molar-refractivity contribution in [3.05, 3.63) is 17.5 Å². The van der Waals surface area contributed by atoms with E-state index in [-0.39, 0.29) is 5.54 Å². The summed E-state index contributed by atoms with van der Waals surface area (Å²) in [6.07, 6.45) is 3.59. The van der Waals surface area contributed by atoms with Crippen molar-refractivity contribution in [3.63, 3.8) is 0 Å². The maximum Gasteiger partial charge on any atom is 0.147 e. The lowest BCUT2D eigenvalue weighted by atomic mass is 10.2. The highest BCUT2D eigenvalue weighted by Gasteiger charge is 2.43. The summed E-state index contributed by atoms with van der Waals surface area (Å²) in [7, 11) is 0. The Labute approximate surface area is 78.8 Å². The predicted molar refractivity (Wildman–Crippen MR) is 50.3 cm³/mol. The molecule has 0 aromatic carbocycles. The van der Waals surface area contributed by atoms with E-state index < -0.39 is 0 Å². The molecule has 66 valence electrons. The Morgan fingerprint density at radius 2 is 2.15 bits per heavy atom. The van der Waals surface area contributed by atoms with Crippen molar-refractivity contribution in [2.24, 2.45) is 5.73 Å². The summed E-state index contributed by atoms with van der Waals surface area (Å²) in [5, 5.41) is 0. The Kier molecular flexibility index (Phi) is 1.27. The van der Waals surface area contributed by atoms with Crippen LogP contribution in [-0.4, -0.2) is 15.0 Å². The molecule has 0 aliphatic heterocycles. The van der Waals surface area contributed by atoms with Crippen LogP contribution in [0.25, 0.3) is 10.3 Å². The molecule has 2 heterocycles. The van der Waals surface area contributed by atoms with Crippen LogP contribution in [0.5, 0.6) is 0 Å². The van der Waals surface area contributed by atoms with E-state index in [1.165, 1.54) is 11.3 Å². The highest BCUT2D eigenvalue weighted by Crippen LogP contribution is 2.43. The number of fused-ring (bicyclic) bond motifs is 1. The number of hydrogen-bond donors (Lipinski definition) is 1. The second-order valence-corrected chi connectivity index (χ2v) is 4.22. The summed E-state index contributed by atoms with van der Waals surface area (Å²) in [5.74, 6) is 0. The van der Waals surface area contributed by atoms with E-state index in [2.05, 4.69) is 15.0 Å². The number of rotatable bonds is 1. The molecule has 0 spiro atoms. The molecule has 0 bridgehead atoms. The molecule has 1 saturated carbocycles. The third-order valence-electron chi connectivity index (χ3n) is 2.40. The van der Waals surface area contributed by atoms with E-state index in [1.807, 2.05) is 0 Å². The molecule has 2 aromatic heterocycles. The van der Waals surface area contributed by atoms with Gasteiger partial charge < -0.3 is 5.73 Å². The van der Waals surface area contributed by atoms with Crippen molar-refractivity contribution in [2.45, 2.75) is 18.4 Å². The first-order chi connectivity index (χ1) is 6.30. The first-order valence-electron chi connectivity index (χ1n) is 4.13. The number of nitrogens with two attached hydrogens (primary N) is 1. The van der Waals surface area contributed by atoms with Gasteiger partial charge in [-0.1, -0.05) is 0 Å². The second kappa shape index (κ2) is 2.24. The fourth-order valence-electron chi connectivity index (χ4n) is 1.43. The van der Waals surface area contributed by atoms with Crippen LogP contribution >= 0.6 is 11.3 Å². The molecule has 0 amide bonds. The van der Waals surface area contributed by atoms with E-state index in [9.17, 15) is 0 Å². The Bertz CT molecular complexity index is 460. The van der Waals surface area contributed by atoms with Crippen LogP contribution in [0.4, 0.5) is 0 Å². The number of thiazole rings is 1. The molecule has 3 rings (SSSR count). The van der Waals surface area contributed by atoms with Gasteiger partial charge in [0, 0.05) is 0 Å². The Morgan fingerprint density at radius 1 is 1.31 bits per heavy atom. The third-order valence-corrected chi connectivity index (χ3v) is 3.13. The van der Waals surface area contributed by atoms with Crippen molar-refractivity contribution < 1.29 is 0 Å². The van der Waals surface area contributed by atoms with Gasteiger partial charge in [-0.2, -0.15) is 0 Å². The fourth-order valence-corrected chi connectivity index (χ4v) is 2.06. The molecule has 1 fully saturated rings. The Hall–Kier alpha value is -1.07. The molecule has 1 aliphatic rings. The van der Waals surface area contributed by atoms with Crippen LogP contribution in [0.2, 0.25) is 0 Å². The zero-order valence-corrected chi connectivity index (χ0v) is 7.71. The second-order valence-electron chi connectivity index (χ2n) is 3.38. The zero-order valence-electron chi connectivity index (χ0n) is 6.90. The molecule has 2 aromatic rings. The molecular formula is C8H8N4S. The summed E-state index contributed by atoms with van der Waals surface area (Å²) < 4.78 is 0. The third kappa shape index (κ3) is 0.973. The molecule has 0 unspecified atom stereocenters. The molecule has 4 nitrogen and oxygen atoms in total. The van der Waals surface area contributed by atoms with Crippen molar-refractivity contribution in [3.8, 4) is 0 Å². The first-order valence-corrected chi connectivity index (χ1v) is 5.01. The highest BCUT2D eigenvalue weighted by atomic mass is 32.1. The zero-order chi connectivity index (χ0) is 8.89. The standard InChI is InChI=1S/C8H8N4S/c9-8(1-2-8)6-5-7(11-3-10-6)13-4-12-5/h3-4H,1-2,9H2. The van der Waals surface area contributed by atoms with Gasteiger partial charge in [0.15, 0.2) is 0 Å². The molecule has 0 saturated heterocycles. The van der Waals surface area contributed by atoms with Crippen LogP contribution in [-0.2, 0) is 5.54 Å². The van der Waals surface area contributed by atoms with Gasteiger partial charge in [-0.25, -0.2) is 15.0 Å². The number of nitrogens with zero attached hydrogens (tertiary/aromatic N) is 3. The first kappa shape index (κ1) is 7.34. The highest BCUT2D eigenvalue weighted by molar-refractivity contribution is 7.16. The van der Waals surface area contributed by atoms with E-state index in [1.54, 1.807) is 11.8 Å². The van der Waals surface area contributed by atoms with Gasteiger partial charge in [0.2, 0.25) is 0 Å². The maximum atomic E-state index is 6.07. The Morgan fingerprint density at radius 3 is 2.92 bits per heavy atom. The van der Waals surface area contributed by atoms with E-state index >= 15 is 0 Å². The topological polar surface area (TPSA) is 64.7 Å². The predicted octanol–water partition coefficient (Wildman–Crippen LogP) is 1.03. The van der Waals surface area contributed by atoms with Crippen molar-refractivity contribution >= 4 is 21.7 Å². The Balaban J connectivity index is 2.33. The lowest BCUT2D eigenvalue weighted by molar-refractivity contribution is 0.712. The van der Waals surface area contributed by atoms with Crippen LogP contribution in [0.3, 0.4) is 0 Å². The smallest absolute Gasteiger partial charge is 0.147 e. The minimum atomic E-state index is -0.213. The van der Waals surface area contributed by atoms with Crippen LogP contribution in [0.15, 0.2) is 11.8 Å². The minimum absolute atomic E-state index is 0.213. The van der Waals surface area contributed by atoms with E-state index in [4.69, 9.17) is 5.73 Å². The van der Waals surface area contributed by atoms with Gasteiger partial charge in [0.25, 0.3) is 0 Å². The number of hydrogen-bond acceptors (Lipinski definition) is 5. The van der Waals surface area contributed by atoms with E-state index in [0.29, 0.717) is 0 Å². The van der Waals surface area contributed by atoms with Gasteiger partial charge in [0.1, 0.15) is 16.7 Å². The average molecular weight is 192 g/mol. The summed E-state index contributed by atoms with van der Waals surface area (Å²) >= 11 is 1.53. The molecule has 0 atom stereocenters. The lowest BCUT2D eigenvalue weighted by Gasteiger charge is -2.06. The molecule has 2 N–H and O–H groups in total. The van der Waals surface area contributed by atoms with Gasteiger partial charge in [-0.05, 0) is 12.8 Å². The summed E-state index contributed by atoms with van der Waals surface area (Å²) in [4.78, 5) is 13.5. The molecule has 13 heavy (non-hydrogen) atoms. The maximum absolute atomic E-state index is 6.07. The quantitative estimate of drug-likeness (QED) is 0.733. The molecule has 5 heteroatoms. The molecule has 1 aliphatic carbocycles. The molecular weight excluding hydrogens is 184 g/mol. The summed E-state index contributed by atoms with van der Waals surface area (Å²) in [6, 6.07) is 0.